The van der Waals surface area contributed by atoms with Gasteiger partial charge in [-0.3, -0.25) is 9.69 Å². The highest BCUT2D eigenvalue weighted by atomic mass is 16.5. The molecule has 0 saturated carbocycles. The summed E-state index contributed by atoms with van der Waals surface area (Å²) in [7, 11) is 4.27. The monoisotopic (exact) mass is 311 g/mol. The van der Waals surface area contributed by atoms with Crippen LogP contribution in [-0.2, 0) is 9.53 Å². The maximum atomic E-state index is 12.5. The highest BCUT2D eigenvalue weighted by Crippen LogP contribution is 2.21. The standard InChI is InChI=1S/C17H33N3O2/c1-14-11-20(12-15(2)22-14)17(21)13-19-9-6-16(7-10-19)5-8-18(3)4/h14-16H,5-13H2,1-4H3. The predicted molar refractivity (Wildman–Crippen MR) is 88.9 cm³/mol. The molecule has 5 heteroatoms. The lowest BCUT2D eigenvalue weighted by Gasteiger charge is -2.37. The molecule has 0 aromatic rings. The van der Waals surface area contributed by atoms with Gasteiger partial charge in [-0.05, 0) is 72.8 Å². The van der Waals surface area contributed by atoms with Gasteiger partial charge in [0.25, 0.3) is 0 Å². The Kier molecular flexibility index (Phi) is 6.66. The van der Waals surface area contributed by atoms with Crippen LogP contribution in [-0.4, -0.2) is 86.2 Å². The van der Waals surface area contributed by atoms with Crippen LogP contribution >= 0.6 is 0 Å². The van der Waals surface area contributed by atoms with Crippen molar-refractivity contribution >= 4 is 5.91 Å². The van der Waals surface area contributed by atoms with Crippen LogP contribution in [0.5, 0.6) is 0 Å². The lowest BCUT2D eigenvalue weighted by molar-refractivity contribution is -0.144. The number of piperidine rings is 1. The molecule has 0 bridgehead atoms. The minimum Gasteiger partial charge on any atom is -0.372 e. The quantitative estimate of drug-likeness (QED) is 0.766. The number of hydrogen-bond acceptors (Lipinski definition) is 4. The summed E-state index contributed by atoms with van der Waals surface area (Å²) in [5.74, 6) is 1.10. The zero-order valence-electron chi connectivity index (χ0n) is 14.8. The van der Waals surface area contributed by atoms with Crippen LogP contribution in [0.25, 0.3) is 0 Å². The molecule has 0 aromatic heterocycles. The zero-order chi connectivity index (χ0) is 16.1. The van der Waals surface area contributed by atoms with E-state index in [9.17, 15) is 4.79 Å². The van der Waals surface area contributed by atoms with Gasteiger partial charge in [-0.15, -0.1) is 0 Å². The lowest BCUT2D eigenvalue weighted by Crippen LogP contribution is -2.51. The smallest absolute Gasteiger partial charge is 0.236 e. The fourth-order valence-electron chi connectivity index (χ4n) is 3.55. The van der Waals surface area contributed by atoms with Gasteiger partial charge in [0, 0.05) is 13.1 Å². The molecule has 5 nitrogen and oxygen atoms in total. The first-order chi connectivity index (χ1) is 10.4. The third kappa shape index (κ3) is 5.52. The van der Waals surface area contributed by atoms with E-state index in [1.807, 2.05) is 18.7 Å². The number of amides is 1. The molecule has 1 amide bonds. The third-order valence-electron chi connectivity index (χ3n) is 4.82. The van der Waals surface area contributed by atoms with Crippen molar-refractivity contribution in [3.63, 3.8) is 0 Å². The van der Waals surface area contributed by atoms with E-state index in [0.717, 1.165) is 32.1 Å². The van der Waals surface area contributed by atoms with Crippen molar-refractivity contribution in [2.45, 2.75) is 45.3 Å². The SMILES string of the molecule is CC1CN(C(=O)CN2CCC(CCN(C)C)CC2)CC(C)O1. The molecule has 128 valence electrons. The molecular weight excluding hydrogens is 278 g/mol. The Balaban J connectivity index is 1.70. The van der Waals surface area contributed by atoms with Crippen LogP contribution in [0.15, 0.2) is 0 Å². The van der Waals surface area contributed by atoms with E-state index < -0.39 is 0 Å². The molecule has 2 fully saturated rings. The Hall–Kier alpha value is -0.650. The van der Waals surface area contributed by atoms with Crippen LogP contribution in [0.1, 0.15) is 33.1 Å². The molecule has 0 aromatic carbocycles. The van der Waals surface area contributed by atoms with Gasteiger partial charge in [-0.1, -0.05) is 0 Å². The minimum atomic E-state index is 0.157. The first-order valence-electron chi connectivity index (χ1n) is 8.74. The first-order valence-corrected chi connectivity index (χ1v) is 8.74. The third-order valence-corrected chi connectivity index (χ3v) is 4.82. The molecule has 2 aliphatic rings. The second kappa shape index (κ2) is 8.27. The maximum absolute atomic E-state index is 12.5. The van der Waals surface area contributed by atoms with E-state index in [0.29, 0.717) is 6.54 Å². The van der Waals surface area contributed by atoms with Gasteiger partial charge in [0.15, 0.2) is 0 Å². The Morgan fingerprint density at radius 1 is 1.14 bits per heavy atom. The predicted octanol–water partition coefficient (Wildman–Crippen LogP) is 1.29. The molecule has 0 N–H and O–H groups in total. The van der Waals surface area contributed by atoms with E-state index in [1.165, 1.54) is 25.8 Å². The fraction of sp³-hybridized carbons (Fsp3) is 0.941. The number of carbonyl (C=O) groups is 1. The highest BCUT2D eigenvalue weighted by Gasteiger charge is 2.28. The summed E-state index contributed by atoms with van der Waals surface area (Å²) in [5, 5.41) is 0. The Morgan fingerprint density at radius 3 is 2.27 bits per heavy atom. The van der Waals surface area contributed by atoms with Gasteiger partial charge in [-0.25, -0.2) is 0 Å². The number of ether oxygens (including phenoxy) is 1. The number of morpholine rings is 1. The molecule has 0 radical (unpaired) electrons. The molecule has 2 atom stereocenters. The molecule has 2 heterocycles. The Bertz CT molecular complexity index is 344. The summed E-state index contributed by atoms with van der Waals surface area (Å²) in [6.45, 7) is 9.47. The summed E-state index contributed by atoms with van der Waals surface area (Å²) in [6.07, 6.45) is 4.07. The van der Waals surface area contributed by atoms with Gasteiger partial charge in [0.05, 0.1) is 18.8 Å². The van der Waals surface area contributed by atoms with E-state index >= 15 is 0 Å². The van der Waals surface area contributed by atoms with Crippen molar-refractivity contribution in [3.8, 4) is 0 Å². The molecule has 2 aliphatic heterocycles. The summed E-state index contributed by atoms with van der Waals surface area (Å²) in [6, 6.07) is 0. The van der Waals surface area contributed by atoms with Crippen molar-refractivity contribution in [2.75, 3.05) is 53.4 Å². The van der Waals surface area contributed by atoms with Crippen LogP contribution in [0, 0.1) is 5.92 Å². The van der Waals surface area contributed by atoms with E-state index in [1.54, 1.807) is 0 Å². The average Bonchev–Trinajstić information content (AvgIpc) is 2.45. The Morgan fingerprint density at radius 2 is 1.73 bits per heavy atom. The van der Waals surface area contributed by atoms with E-state index in [2.05, 4.69) is 23.9 Å². The summed E-state index contributed by atoms with van der Waals surface area (Å²) in [5.41, 5.74) is 0. The largest absolute Gasteiger partial charge is 0.372 e. The molecule has 2 unspecified atom stereocenters. The second-order valence-electron chi connectivity index (χ2n) is 7.37. The molecule has 2 saturated heterocycles. The topological polar surface area (TPSA) is 36.0 Å². The number of rotatable bonds is 5. The number of carbonyl (C=O) groups excluding carboxylic acids is 1. The number of hydrogen-bond donors (Lipinski definition) is 0. The van der Waals surface area contributed by atoms with Crippen molar-refractivity contribution in [2.24, 2.45) is 5.92 Å². The van der Waals surface area contributed by atoms with Gasteiger partial charge >= 0.3 is 0 Å². The lowest BCUT2D eigenvalue weighted by atomic mass is 9.93. The van der Waals surface area contributed by atoms with E-state index in [4.69, 9.17) is 4.74 Å². The van der Waals surface area contributed by atoms with Crippen LogP contribution in [0.3, 0.4) is 0 Å². The molecule has 22 heavy (non-hydrogen) atoms. The summed E-state index contributed by atoms with van der Waals surface area (Å²) in [4.78, 5) is 19.1. The van der Waals surface area contributed by atoms with Crippen molar-refractivity contribution in [3.05, 3.63) is 0 Å². The van der Waals surface area contributed by atoms with Crippen molar-refractivity contribution in [1.82, 2.24) is 14.7 Å². The average molecular weight is 311 g/mol. The molecule has 0 aliphatic carbocycles. The normalized spacial score (nSPS) is 28.3. The van der Waals surface area contributed by atoms with Crippen LogP contribution in [0.2, 0.25) is 0 Å². The molecule has 2 rings (SSSR count). The van der Waals surface area contributed by atoms with Crippen LogP contribution < -0.4 is 0 Å². The maximum Gasteiger partial charge on any atom is 0.236 e. The number of nitrogens with zero attached hydrogens (tertiary/aromatic N) is 3. The Labute approximate surface area is 135 Å². The van der Waals surface area contributed by atoms with Crippen LogP contribution in [0.4, 0.5) is 0 Å². The fourth-order valence-corrected chi connectivity index (χ4v) is 3.55. The van der Waals surface area contributed by atoms with Gasteiger partial charge in [0.1, 0.15) is 0 Å². The molecule has 0 spiro atoms. The summed E-state index contributed by atoms with van der Waals surface area (Å²) < 4.78 is 5.71. The second-order valence-corrected chi connectivity index (χ2v) is 7.37. The zero-order valence-corrected chi connectivity index (χ0v) is 14.8. The van der Waals surface area contributed by atoms with Crippen molar-refractivity contribution < 1.29 is 9.53 Å². The number of likely N-dealkylation sites (tertiary alicyclic amines) is 1. The minimum absolute atomic E-state index is 0.157. The first kappa shape index (κ1) is 17.7. The highest BCUT2D eigenvalue weighted by molar-refractivity contribution is 5.78. The molecular formula is C17H33N3O2. The van der Waals surface area contributed by atoms with Gasteiger partial charge in [-0.2, -0.15) is 0 Å². The van der Waals surface area contributed by atoms with E-state index in [-0.39, 0.29) is 18.1 Å². The van der Waals surface area contributed by atoms with Gasteiger partial charge < -0.3 is 14.5 Å². The van der Waals surface area contributed by atoms with Gasteiger partial charge in [0.2, 0.25) is 5.91 Å². The van der Waals surface area contributed by atoms with Crippen molar-refractivity contribution in [1.29, 1.82) is 0 Å². The summed E-state index contributed by atoms with van der Waals surface area (Å²) >= 11 is 0.